The normalized spacial score (nSPS) is 18.3. The molecule has 4 nitrogen and oxygen atoms in total. The number of anilines is 1. The summed E-state index contributed by atoms with van der Waals surface area (Å²) >= 11 is 3.52. The number of benzene rings is 1. The first kappa shape index (κ1) is 17.3. The summed E-state index contributed by atoms with van der Waals surface area (Å²) in [5.74, 6) is 0. The highest BCUT2D eigenvalue weighted by Gasteiger charge is 2.21. The first-order valence-electron chi connectivity index (χ1n) is 8.93. The number of urea groups is 1. The van der Waals surface area contributed by atoms with Gasteiger partial charge in [-0.3, -0.25) is 0 Å². The van der Waals surface area contributed by atoms with E-state index in [2.05, 4.69) is 50.4 Å². The Hall–Kier alpha value is -1.49. The van der Waals surface area contributed by atoms with Crippen LogP contribution in [0, 0.1) is 0 Å². The smallest absolute Gasteiger partial charge is 0.317 e. The summed E-state index contributed by atoms with van der Waals surface area (Å²) < 4.78 is 1.09. The van der Waals surface area contributed by atoms with Crippen LogP contribution in [0.25, 0.3) is 0 Å². The first-order chi connectivity index (χ1) is 11.7. The number of amides is 2. The van der Waals surface area contributed by atoms with Crippen molar-refractivity contribution in [3.8, 4) is 0 Å². The van der Waals surface area contributed by atoms with E-state index in [-0.39, 0.29) is 6.03 Å². The largest absolute Gasteiger partial charge is 0.368 e. The highest BCUT2D eigenvalue weighted by atomic mass is 79.9. The molecule has 0 spiro atoms. The standard InChI is InChI=1S/C19H26BrN3O/c20-17-7-4-8-18(15-17)22-11-13-23(14-12-22)19(24)21-10-9-16-5-2-1-3-6-16/h4-5,7-8,15H,1-3,6,9-14H2,(H,21,24). The van der Waals surface area contributed by atoms with Gasteiger partial charge in [0.25, 0.3) is 0 Å². The molecule has 2 amide bonds. The second-order valence-electron chi connectivity index (χ2n) is 6.54. The van der Waals surface area contributed by atoms with Crippen LogP contribution >= 0.6 is 15.9 Å². The van der Waals surface area contributed by atoms with Crippen molar-refractivity contribution in [2.75, 3.05) is 37.6 Å². The average molecular weight is 392 g/mol. The van der Waals surface area contributed by atoms with E-state index in [1.807, 2.05) is 11.0 Å². The van der Waals surface area contributed by atoms with Crippen molar-refractivity contribution in [2.24, 2.45) is 0 Å². The van der Waals surface area contributed by atoms with Crippen molar-refractivity contribution in [3.05, 3.63) is 40.4 Å². The van der Waals surface area contributed by atoms with Gasteiger partial charge in [-0.05, 0) is 50.3 Å². The van der Waals surface area contributed by atoms with Gasteiger partial charge in [-0.25, -0.2) is 4.79 Å². The van der Waals surface area contributed by atoms with Crippen molar-refractivity contribution in [1.29, 1.82) is 0 Å². The van der Waals surface area contributed by atoms with Crippen molar-refractivity contribution in [2.45, 2.75) is 32.1 Å². The SMILES string of the molecule is O=C(NCCC1=CCCCC1)N1CCN(c2cccc(Br)c2)CC1. The third-order valence-corrected chi connectivity index (χ3v) is 5.34. The molecule has 1 aliphatic heterocycles. The zero-order valence-corrected chi connectivity index (χ0v) is 15.7. The van der Waals surface area contributed by atoms with E-state index in [0.717, 1.165) is 43.6 Å². The van der Waals surface area contributed by atoms with Crippen LogP contribution in [0.1, 0.15) is 32.1 Å². The lowest BCUT2D eigenvalue weighted by Gasteiger charge is -2.36. The Morgan fingerprint density at radius 3 is 2.71 bits per heavy atom. The predicted molar refractivity (Wildman–Crippen MR) is 102 cm³/mol. The predicted octanol–water partition coefficient (Wildman–Crippen LogP) is 4.17. The topological polar surface area (TPSA) is 35.6 Å². The number of carbonyl (C=O) groups excluding carboxylic acids is 1. The molecular formula is C19H26BrN3O. The van der Waals surface area contributed by atoms with Gasteiger partial charge in [0.15, 0.2) is 0 Å². The zero-order chi connectivity index (χ0) is 16.8. The van der Waals surface area contributed by atoms with E-state index < -0.39 is 0 Å². The molecular weight excluding hydrogens is 366 g/mol. The average Bonchev–Trinajstić information content (AvgIpc) is 2.63. The molecule has 0 aromatic heterocycles. The summed E-state index contributed by atoms with van der Waals surface area (Å²) in [5.41, 5.74) is 2.73. The molecule has 1 saturated heterocycles. The van der Waals surface area contributed by atoms with Crippen LogP contribution in [-0.2, 0) is 0 Å². The third kappa shape index (κ3) is 4.76. The molecule has 0 saturated carbocycles. The molecule has 0 atom stereocenters. The minimum Gasteiger partial charge on any atom is -0.368 e. The number of nitrogens with one attached hydrogen (secondary N) is 1. The molecule has 130 valence electrons. The van der Waals surface area contributed by atoms with Gasteiger partial charge in [0, 0.05) is 42.9 Å². The van der Waals surface area contributed by atoms with E-state index in [0.29, 0.717) is 0 Å². The summed E-state index contributed by atoms with van der Waals surface area (Å²) in [5, 5.41) is 3.08. The number of piperazine rings is 1. The second kappa shape index (κ2) is 8.56. The maximum atomic E-state index is 12.3. The monoisotopic (exact) mass is 391 g/mol. The van der Waals surface area contributed by atoms with E-state index in [1.165, 1.54) is 36.9 Å². The second-order valence-corrected chi connectivity index (χ2v) is 7.46. The summed E-state index contributed by atoms with van der Waals surface area (Å²) in [6.07, 6.45) is 8.40. The van der Waals surface area contributed by atoms with Crippen molar-refractivity contribution >= 4 is 27.6 Å². The summed E-state index contributed by atoms with van der Waals surface area (Å²) in [7, 11) is 0. The number of hydrogen-bond acceptors (Lipinski definition) is 2. The van der Waals surface area contributed by atoms with Crippen LogP contribution < -0.4 is 10.2 Å². The summed E-state index contributed by atoms with van der Waals surface area (Å²) in [6.45, 7) is 4.09. The molecule has 1 aromatic rings. The highest BCUT2D eigenvalue weighted by Crippen LogP contribution is 2.21. The highest BCUT2D eigenvalue weighted by molar-refractivity contribution is 9.10. The molecule has 1 N–H and O–H groups in total. The van der Waals surface area contributed by atoms with Crippen molar-refractivity contribution in [1.82, 2.24) is 10.2 Å². The molecule has 24 heavy (non-hydrogen) atoms. The van der Waals surface area contributed by atoms with Crippen LogP contribution in [0.3, 0.4) is 0 Å². The van der Waals surface area contributed by atoms with Gasteiger partial charge in [0.2, 0.25) is 0 Å². The quantitative estimate of drug-likeness (QED) is 0.781. The van der Waals surface area contributed by atoms with Gasteiger partial charge in [0.1, 0.15) is 0 Å². The van der Waals surface area contributed by atoms with Crippen molar-refractivity contribution < 1.29 is 4.79 Å². The van der Waals surface area contributed by atoms with Crippen LogP contribution in [0.5, 0.6) is 0 Å². The maximum Gasteiger partial charge on any atom is 0.317 e. The number of hydrogen-bond donors (Lipinski definition) is 1. The number of allylic oxidation sites excluding steroid dienone is 1. The van der Waals surface area contributed by atoms with Gasteiger partial charge in [-0.15, -0.1) is 0 Å². The number of nitrogens with zero attached hydrogens (tertiary/aromatic N) is 2. The Morgan fingerprint density at radius 1 is 1.17 bits per heavy atom. The maximum absolute atomic E-state index is 12.3. The summed E-state index contributed by atoms with van der Waals surface area (Å²) in [4.78, 5) is 16.6. The van der Waals surface area contributed by atoms with Gasteiger partial charge in [0.05, 0.1) is 0 Å². The number of rotatable bonds is 4. The Bertz CT molecular complexity index is 594. The molecule has 1 heterocycles. The molecule has 1 aromatic carbocycles. The lowest BCUT2D eigenvalue weighted by Crippen LogP contribution is -2.52. The lowest BCUT2D eigenvalue weighted by atomic mass is 9.97. The molecule has 1 aliphatic carbocycles. The van der Waals surface area contributed by atoms with Gasteiger partial charge < -0.3 is 15.1 Å². The Morgan fingerprint density at radius 2 is 2.00 bits per heavy atom. The van der Waals surface area contributed by atoms with E-state index >= 15 is 0 Å². The Balaban J connectivity index is 1.41. The van der Waals surface area contributed by atoms with Crippen LogP contribution in [0.4, 0.5) is 10.5 Å². The minimum atomic E-state index is 0.0836. The summed E-state index contributed by atoms with van der Waals surface area (Å²) in [6, 6.07) is 8.43. The van der Waals surface area contributed by atoms with Crippen LogP contribution in [0.15, 0.2) is 40.4 Å². The molecule has 0 bridgehead atoms. The van der Waals surface area contributed by atoms with E-state index in [9.17, 15) is 4.79 Å². The minimum absolute atomic E-state index is 0.0836. The van der Waals surface area contributed by atoms with E-state index in [1.54, 1.807) is 0 Å². The lowest BCUT2D eigenvalue weighted by molar-refractivity contribution is 0.194. The Labute approximate surface area is 153 Å². The molecule has 3 rings (SSSR count). The number of halogens is 1. The first-order valence-corrected chi connectivity index (χ1v) is 9.73. The van der Waals surface area contributed by atoms with Crippen LogP contribution in [0.2, 0.25) is 0 Å². The molecule has 0 radical (unpaired) electrons. The van der Waals surface area contributed by atoms with Gasteiger partial charge in [-0.2, -0.15) is 0 Å². The number of carbonyl (C=O) groups is 1. The third-order valence-electron chi connectivity index (χ3n) is 4.85. The molecule has 1 fully saturated rings. The van der Waals surface area contributed by atoms with Crippen LogP contribution in [-0.4, -0.2) is 43.7 Å². The molecule has 5 heteroatoms. The van der Waals surface area contributed by atoms with Crippen molar-refractivity contribution in [3.63, 3.8) is 0 Å². The fraction of sp³-hybridized carbons (Fsp3) is 0.526. The van der Waals surface area contributed by atoms with Gasteiger partial charge >= 0.3 is 6.03 Å². The Kier molecular flexibility index (Phi) is 6.18. The van der Waals surface area contributed by atoms with E-state index in [4.69, 9.17) is 0 Å². The molecule has 0 unspecified atom stereocenters. The fourth-order valence-electron chi connectivity index (χ4n) is 3.41. The van der Waals surface area contributed by atoms with Gasteiger partial charge in [-0.1, -0.05) is 33.6 Å². The molecule has 2 aliphatic rings. The fourth-order valence-corrected chi connectivity index (χ4v) is 3.80. The zero-order valence-electron chi connectivity index (χ0n) is 14.1.